The number of rotatable bonds is 2. The Hall–Kier alpha value is -1.86. The molecule has 0 unspecified atom stereocenters. The van der Waals surface area contributed by atoms with Crippen molar-refractivity contribution in [2.24, 2.45) is 0 Å². The van der Waals surface area contributed by atoms with Gasteiger partial charge in [-0.05, 0) is 19.9 Å². The number of sulfonamides is 1. The topological polar surface area (TPSA) is 72.6 Å². The van der Waals surface area contributed by atoms with Crippen molar-refractivity contribution in [1.29, 1.82) is 0 Å². The summed E-state index contributed by atoms with van der Waals surface area (Å²) < 4.78 is 37.6. The summed E-state index contributed by atoms with van der Waals surface area (Å²) in [5.74, 6) is 1.04. The van der Waals surface area contributed by atoms with Crippen LogP contribution in [0.5, 0.6) is 5.75 Å². The molecule has 6 nitrogen and oxygen atoms in total. The zero-order valence-corrected chi connectivity index (χ0v) is 12.7. The highest BCUT2D eigenvalue weighted by Gasteiger charge is 2.32. The van der Waals surface area contributed by atoms with Crippen LogP contribution in [0.2, 0.25) is 0 Å². The number of hydrogen-bond acceptors (Lipinski definition) is 5. The lowest BCUT2D eigenvalue weighted by molar-refractivity contribution is 0.292. The average molecular weight is 308 g/mol. The average Bonchev–Trinajstić information content (AvgIpc) is 2.68. The highest BCUT2D eigenvalue weighted by molar-refractivity contribution is 7.89. The summed E-state index contributed by atoms with van der Waals surface area (Å²) in [6, 6.07) is 7.46. The molecule has 0 fully saturated rings. The number of fused-ring (bicyclic) bond motifs is 1. The van der Waals surface area contributed by atoms with Gasteiger partial charge in [-0.1, -0.05) is 23.4 Å². The van der Waals surface area contributed by atoms with Crippen LogP contribution >= 0.6 is 0 Å². The molecule has 0 radical (unpaired) electrons. The Morgan fingerprint density at radius 3 is 2.71 bits per heavy atom. The summed E-state index contributed by atoms with van der Waals surface area (Å²) >= 11 is 0. The van der Waals surface area contributed by atoms with Crippen LogP contribution in [0.1, 0.15) is 17.0 Å². The van der Waals surface area contributed by atoms with Gasteiger partial charge in [-0.15, -0.1) is 0 Å². The molecule has 1 aromatic heterocycles. The lowest BCUT2D eigenvalue weighted by atomic mass is 10.2. The molecule has 0 spiro atoms. The number of ether oxygens (including phenoxy) is 1. The largest absolute Gasteiger partial charge is 0.492 e. The van der Waals surface area contributed by atoms with Gasteiger partial charge < -0.3 is 9.26 Å². The summed E-state index contributed by atoms with van der Waals surface area (Å²) in [6.07, 6.45) is 0. The van der Waals surface area contributed by atoms with Crippen molar-refractivity contribution in [3.63, 3.8) is 0 Å². The maximum Gasteiger partial charge on any atom is 0.248 e. The second kappa shape index (κ2) is 5.16. The highest BCUT2D eigenvalue weighted by Crippen LogP contribution is 2.28. The van der Waals surface area contributed by atoms with Crippen molar-refractivity contribution in [2.75, 3.05) is 13.2 Å². The minimum atomic E-state index is -3.65. The standard InChI is InChI=1S/C14H16N2O4S/c1-10-14(11(2)20-15-10)21(17,18)16-7-8-19-13-6-4-3-5-12(13)9-16/h3-6H,7-9H2,1-2H3. The van der Waals surface area contributed by atoms with Crippen molar-refractivity contribution < 1.29 is 17.7 Å². The Balaban J connectivity index is 2.01. The fourth-order valence-corrected chi connectivity index (χ4v) is 4.17. The first-order valence-corrected chi connectivity index (χ1v) is 8.08. The summed E-state index contributed by atoms with van der Waals surface area (Å²) in [5.41, 5.74) is 1.23. The van der Waals surface area contributed by atoms with E-state index in [9.17, 15) is 8.42 Å². The van der Waals surface area contributed by atoms with Crippen LogP contribution in [0.4, 0.5) is 0 Å². The van der Waals surface area contributed by atoms with Crippen LogP contribution in [-0.4, -0.2) is 31.0 Å². The van der Waals surface area contributed by atoms with E-state index in [-0.39, 0.29) is 11.4 Å². The van der Waals surface area contributed by atoms with Crippen LogP contribution in [0.3, 0.4) is 0 Å². The van der Waals surface area contributed by atoms with Crippen LogP contribution in [0, 0.1) is 13.8 Å². The van der Waals surface area contributed by atoms with Crippen molar-refractivity contribution in [2.45, 2.75) is 25.3 Å². The van der Waals surface area contributed by atoms with Crippen LogP contribution in [-0.2, 0) is 16.6 Å². The Kier molecular flexibility index (Phi) is 3.46. The first kappa shape index (κ1) is 14.1. The number of nitrogens with zero attached hydrogens (tertiary/aromatic N) is 2. The third-order valence-corrected chi connectivity index (χ3v) is 5.57. The van der Waals surface area contributed by atoms with Crippen LogP contribution < -0.4 is 4.74 Å². The zero-order chi connectivity index (χ0) is 15.0. The van der Waals surface area contributed by atoms with Gasteiger partial charge in [0.15, 0.2) is 5.76 Å². The van der Waals surface area contributed by atoms with Gasteiger partial charge in [0.25, 0.3) is 0 Å². The van der Waals surface area contributed by atoms with Gasteiger partial charge in [-0.3, -0.25) is 0 Å². The van der Waals surface area contributed by atoms with Crippen molar-refractivity contribution in [3.05, 3.63) is 41.3 Å². The van der Waals surface area contributed by atoms with Gasteiger partial charge in [0.2, 0.25) is 10.0 Å². The smallest absolute Gasteiger partial charge is 0.248 e. The fourth-order valence-electron chi connectivity index (χ4n) is 2.48. The third kappa shape index (κ3) is 2.43. The van der Waals surface area contributed by atoms with E-state index in [1.807, 2.05) is 24.3 Å². The molecular formula is C14H16N2O4S. The maximum atomic E-state index is 12.8. The summed E-state index contributed by atoms with van der Waals surface area (Å²) in [7, 11) is -3.65. The molecule has 3 rings (SSSR count). The molecule has 1 aliphatic heterocycles. The van der Waals surface area contributed by atoms with E-state index in [1.165, 1.54) is 4.31 Å². The minimum Gasteiger partial charge on any atom is -0.492 e. The third-order valence-electron chi connectivity index (χ3n) is 3.48. The molecule has 0 aliphatic carbocycles. The molecule has 2 aromatic rings. The van der Waals surface area contributed by atoms with Crippen molar-refractivity contribution in [3.8, 4) is 5.75 Å². The molecule has 112 valence electrons. The summed E-state index contributed by atoms with van der Waals surface area (Å²) in [6.45, 7) is 4.13. The Labute approximate surface area is 123 Å². The molecule has 1 aromatic carbocycles. The predicted molar refractivity (Wildman–Crippen MR) is 75.5 cm³/mol. The van der Waals surface area contributed by atoms with E-state index >= 15 is 0 Å². The van der Waals surface area contributed by atoms with E-state index in [0.29, 0.717) is 24.6 Å². The second-order valence-electron chi connectivity index (χ2n) is 4.95. The van der Waals surface area contributed by atoms with E-state index in [4.69, 9.17) is 9.26 Å². The number of aryl methyl sites for hydroxylation is 2. The monoisotopic (exact) mass is 308 g/mol. The molecule has 0 N–H and O–H groups in total. The van der Waals surface area contributed by atoms with Gasteiger partial charge in [0, 0.05) is 18.7 Å². The summed E-state index contributed by atoms with van der Waals surface area (Å²) in [4.78, 5) is 0.155. The predicted octanol–water partition coefficient (Wildman–Crippen LogP) is 1.87. The van der Waals surface area contributed by atoms with E-state index in [0.717, 1.165) is 11.3 Å². The normalized spacial score (nSPS) is 16.1. The molecule has 1 aliphatic rings. The van der Waals surface area contributed by atoms with Gasteiger partial charge in [0.1, 0.15) is 22.9 Å². The van der Waals surface area contributed by atoms with Gasteiger partial charge in [-0.2, -0.15) is 4.31 Å². The maximum absolute atomic E-state index is 12.8. The molecule has 7 heteroatoms. The van der Waals surface area contributed by atoms with Gasteiger partial charge in [-0.25, -0.2) is 8.42 Å². The van der Waals surface area contributed by atoms with Gasteiger partial charge >= 0.3 is 0 Å². The zero-order valence-electron chi connectivity index (χ0n) is 11.9. The molecule has 0 amide bonds. The van der Waals surface area contributed by atoms with Crippen molar-refractivity contribution in [1.82, 2.24) is 9.46 Å². The van der Waals surface area contributed by atoms with Crippen LogP contribution in [0.15, 0.2) is 33.7 Å². The highest BCUT2D eigenvalue weighted by atomic mass is 32.2. The Morgan fingerprint density at radius 1 is 1.24 bits per heavy atom. The SMILES string of the molecule is Cc1noc(C)c1S(=O)(=O)N1CCOc2ccccc2C1. The molecule has 0 bridgehead atoms. The molecule has 2 heterocycles. The Morgan fingerprint density at radius 2 is 2.00 bits per heavy atom. The molecule has 0 saturated carbocycles. The van der Waals surface area contributed by atoms with Crippen LogP contribution in [0.25, 0.3) is 0 Å². The molecule has 0 saturated heterocycles. The number of benzene rings is 1. The molecule has 0 atom stereocenters. The first-order valence-electron chi connectivity index (χ1n) is 6.64. The van der Waals surface area contributed by atoms with E-state index < -0.39 is 10.0 Å². The quantitative estimate of drug-likeness (QED) is 0.847. The fraction of sp³-hybridized carbons (Fsp3) is 0.357. The first-order chi connectivity index (χ1) is 10.00. The molecular weight excluding hydrogens is 292 g/mol. The minimum absolute atomic E-state index is 0.155. The van der Waals surface area contributed by atoms with E-state index in [2.05, 4.69) is 5.16 Å². The number of aromatic nitrogens is 1. The number of hydrogen-bond donors (Lipinski definition) is 0. The lowest BCUT2D eigenvalue weighted by Crippen LogP contribution is -2.33. The second-order valence-corrected chi connectivity index (χ2v) is 6.82. The summed E-state index contributed by atoms with van der Waals surface area (Å²) in [5, 5.41) is 3.73. The lowest BCUT2D eigenvalue weighted by Gasteiger charge is -2.19. The number of para-hydroxylation sites is 1. The van der Waals surface area contributed by atoms with Crippen molar-refractivity contribution >= 4 is 10.0 Å². The van der Waals surface area contributed by atoms with Gasteiger partial charge in [0.05, 0.1) is 0 Å². The Bertz CT molecular complexity index is 748. The molecule has 21 heavy (non-hydrogen) atoms. The van der Waals surface area contributed by atoms with E-state index in [1.54, 1.807) is 13.8 Å².